The summed E-state index contributed by atoms with van der Waals surface area (Å²) >= 11 is 7.71. The highest BCUT2D eigenvalue weighted by Crippen LogP contribution is 2.44. The molecule has 0 amide bonds. The van der Waals surface area contributed by atoms with Gasteiger partial charge in [0, 0.05) is 4.88 Å². The summed E-state index contributed by atoms with van der Waals surface area (Å²) in [4.78, 5) is 20.1. The molecular formula is C18H21Cl2N5OS. The van der Waals surface area contributed by atoms with Crippen molar-refractivity contribution in [3.05, 3.63) is 45.7 Å². The normalized spacial score (nSPS) is 18.0. The highest BCUT2D eigenvalue weighted by molar-refractivity contribution is 7.16. The summed E-state index contributed by atoms with van der Waals surface area (Å²) in [7, 11) is 2.19. The number of alkyl halides is 1. The van der Waals surface area contributed by atoms with Gasteiger partial charge in [-0.15, -0.1) is 16.2 Å². The number of hydrogen-bond acceptors (Lipinski definition) is 5. The van der Waals surface area contributed by atoms with Crippen molar-refractivity contribution in [2.24, 2.45) is 10.3 Å². The number of likely N-dealkylation sites (N-methyl/N-ethyl adjacent to an activating group) is 1. The van der Waals surface area contributed by atoms with E-state index in [1.165, 1.54) is 5.01 Å². The minimum Gasteiger partial charge on any atom is -1.00 e. The Morgan fingerprint density at radius 3 is 2.67 bits per heavy atom. The Labute approximate surface area is 174 Å². The van der Waals surface area contributed by atoms with Crippen molar-refractivity contribution in [2.75, 3.05) is 44.2 Å². The zero-order valence-electron chi connectivity index (χ0n) is 15.2. The molecule has 9 heteroatoms. The second kappa shape index (κ2) is 7.75. The van der Waals surface area contributed by atoms with E-state index in [4.69, 9.17) is 16.6 Å². The van der Waals surface area contributed by atoms with Gasteiger partial charge in [-0.25, -0.2) is 4.99 Å². The van der Waals surface area contributed by atoms with Gasteiger partial charge < -0.3 is 21.8 Å². The van der Waals surface area contributed by atoms with Crippen molar-refractivity contribution in [3.8, 4) is 0 Å². The van der Waals surface area contributed by atoms with Crippen molar-refractivity contribution < 1.29 is 16.9 Å². The van der Waals surface area contributed by atoms with Gasteiger partial charge in [0.05, 0.1) is 55.5 Å². The number of thiophene rings is 1. The number of fused-ring (bicyclic) bond motifs is 2. The molecule has 2 aliphatic rings. The molecule has 0 unspecified atom stereocenters. The molecule has 0 N–H and O–H groups in total. The molecule has 0 bridgehead atoms. The molecule has 0 atom stereocenters. The molecular weight excluding hydrogens is 405 g/mol. The topological polar surface area (TPSA) is 48.3 Å². The Bertz CT molecular complexity index is 876. The summed E-state index contributed by atoms with van der Waals surface area (Å²) in [6, 6.07) is 10.4. The third-order valence-electron chi connectivity index (χ3n) is 5.09. The third kappa shape index (κ3) is 3.57. The van der Waals surface area contributed by atoms with Crippen molar-refractivity contribution in [1.82, 2.24) is 4.90 Å². The number of amidine groups is 1. The van der Waals surface area contributed by atoms with Gasteiger partial charge in [0.15, 0.2) is 6.00 Å². The fraction of sp³-hybridized carbons (Fsp3) is 0.389. The van der Waals surface area contributed by atoms with E-state index >= 15 is 0 Å². The molecule has 0 saturated carbocycles. The molecule has 27 heavy (non-hydrogen) atoms. The highest BCUT2D eigenvalue weighted by atomic mass is 35.5. The first-order valence-electron chi connectivity index (χ1n) is 8.61. The van der Waals surface area contributed by atoms with E-state index in [0.29, 0.717) is 6.00 Å². The molecule has 2 aliphatic heterocycles. The van der Waals surface area contributed by atoms with Crippen molar-refractivity contribution in [1.29, 1.82) is 0 Å². The molecule has 144 valence electrons. The SMILES string of the molecule is Cc1cc2c(s1)N(N=O)c1ccccc1N=C2N1CC[N+](C)(CCl)CC1.[Cl-]. The van der Waals surface area contributed by atoms with E-state index in [0.717, 1.165) is 63.3 Å². The van der Waals surface area contributed by atoms with Crippen molar-refractivity contribution >= 4 is 45.1 Å². The van der Waals surface area contributed by atoms with E-state index < -0.39 is 0 Å². The van der Waals surface area contributed by atoms with Crippen LogP contribution in [-0.4, -0.2) is 54.4 Å². The van der Waals surface area contributed by atoms with Gasteiger partial charge in [-0.05, 0) is 25.1 Å². The molecule has 2 aromatic rings. The van der Waals surface area contributed by atoms with Crippen molar-refractivity contribution in [3.63, 3.8) is 0 Å². The summed E-state index contributed by atoms with van der Waals surface area (Å²) in [6.45, 7) is 5.75. The first kappa shape index (κ1) is 20.1. The second-order valence-corrected chi connectivity index (χ2v) is 8.54. The fourth-order valence-corrected chi connectivity index (χ4v) is 4.64. The van der Waals surface area contributed by atoms with Crippen LogP contribution in [0, 0.1) is 11.8 Å². The number of para-hydroxylation sites is 2. The minimum atomic E-state index is 0. The predicted molar refractivity (Wildman–Crippen MR) is 108 cm³/mol. The number of aliphatic imine (C=N–C) groups is 1. The maximum absolute atomic E-state index is 11.7. The third-order valence-corrected chi connectivity index (χ3v) is 6.70. The zero-order valence-corrected chi connectivity index (χ0v) is 17.6. The van der Waals surface area contributed by atoms with Gasteiger partial charge >= 0.3 is 0 Å². The van der Waals surface area contributed by atoms with Gasteiger partial charge in [0.2, 0.25) is 0 Å². The summed E-state index contributed by atoms with van der Waals surface area (Å²) in [5, 5.41) is 5.61. The molecule has 4 rings (SSSR count). The van der Waals surface area contributed by atoms with Crippen molar-refractivity contribution in [2.45, 2.75) is 6.92 Å². The number of piperazine rings is 1. The zero-order chi connectivity index (χ0) is 18.3. The van der Waals surface area contributed by atoms with E-state index in [1.807, 2.05) is 31.2 Å². The standard InChI is InChI=1S/C18H21ClN5OS.ClH/c1-13-11-14-17(22-7-9-24(2,12-19)10-8-22)20-15-5-3-4-6-16(15)23(21-25)18(14)26-13;/h3-6,11H,7-10,12H2,1-2H3;1H/q+1;/p-1. The van der Waals surface area contributed by atoms with Gasteiger partial charge in [-0.2, -0.15) is 5.01 Å². The monoisotopic (exact) mass is 425 g/mol. The maximum Gasteiger partial charge on any atom is 0.154 e. The first-order chi connectivity index (χ1) is 12.5. The van der Waals surface area contributed by atoms with Gasteiger partial charge in [-0.3, -0.25) is 0 Å². The van der Waals surface area contributed by atoms with Crippen LogP contribution in [0.15, 0.2) is 40.6 Å². The molecule has 1 aromatic carbocycles. The summed E-state index contributed by atoms with van der Waals surface area (Å²) < 4.78 is 0.861. The summed E-state index contributed by atoms with van der Waals surface area (Å²) in [6.07, 6.45) is 0. The Hall–Kier alpha value is -1.67. The molecule has 0 aliphatic carbocycles. The van der Waals surface area contributed by atoms with Crippen LogP contribution in [0.2, 0.25) is 0 Å². The lowest BCUT2D eigenvalue weighted by Gasteiger charge is -2.41. The highest BCUT2D eigenvalue weighted by Gasteiger charge is 2.33. The summed E-state index contributed by atoms with van der Waals surface area (Å²) in [5.74, 6) is 0.920. The molecule has 3 heterocycles. The molecule has 0 radical (unpaired) electrons. The number of anilines is 2. The summed E-state index contributed by atoms with van der Waals surface area (Å²) in [5.41, 5.74) is 2.47. The van der Waals surface area contributed by atoms with Crippen LogP contribution in [0.25, 0.3) is 0 Å². The van der Waals surface area contributed by atoms with Crippen LogP contribution in [0.3, 0.4) is 0 Å². The molecule has 1 saturated heterocycles. The van der Waals surface area contributed by atoms with E-state index in [2.05, 4.69) is 23.3 Å². The van der Waals surface area contributed by atoms with Gasteiger partial charge in [-0.1, -0.05) is 23.7 Å². The fourth-order valence-electron chi connectivity index (χ4n) is 3.44. The number of aryl methyl sites for hydroxylation is 1. The largest absolute Gasteiger partial charge is 1.00 e. The van der Waals surface area contributed by atoms with Gasteiger partial charge in [0.1, 0.15) is 10.8 Å². The Kier molecular flexibility index (Phi) is 5.76. The van der Waals surface area contributed by atoms with Crippen LogP contribution in [0.1, 0.15) is 10.4 Å². The molecule has 1 fully saturated rings. The number of benzene rings is 1. The van der Waals surface area contributed by atoms with E-state index in [1.54, 1.807) is 11.3 Å². The lowest BCUT2D eigenvalue weighted by Crippen LogP contribution is -3.00. The second-order valence-electron chi connectivity index (χ2n) is 7.07. The van der Waals surface area contributed by atoms with Crippen LogP contribution in [0.5, 0.6) is 0 Å². The van der Waals surface area contributed by atoms with Crippen LogP contribution < -0.4 is 17.4 Å². The lowest BCUT2D eigenvalue weighted by atomic mass is 10.2. The van der Waals surface area contributed by atoms with E-state index in [-0.39, 0.29) is 12.4 Å². The number of nitroso groups, excluding NO2 is 1. The molecule has 6 nitrogen and oxygen atoms in total. The van der Waals surface area contributed by atoms with Crippen LogP contribution in [0.4, 0.5) is 16.4 Å². The number of halogens is 2. The minimum absolute atomic E-state index is 0. The predicted octanol–water partition coefficient (Wildman–Crippen LogP) is 1.23. The average Bonchev–Trinajstić information content (AvgIpc) is 2.98. The van der Waals surface area contributed by atoms with Gasteiger partial charge in [0.25, 0.3) is 0 Å². The first-order valence-corrected chi connectivity index (χ1v) is 9.96. The van der Waals surface area contributed by atoms with Crippen LogP contribution in [-0.2, 0) is 0 Å². The Balaban J connectivity index is 0.00000210. The lowest BCUT2D eigenvalue weighted by molar-refractivity contribution is -0.902. The number of hydrogen-bond donors (Lipinski definition) is 0. The average molecular weight is 426 g/mol. The Morgan fingerprint density at radius 1 is 1.30 bits per heavy atom. The molecule has 1 aromatic heterocycles. The van der Waals surface area contributed by atoms with Crippen LogP contribution >= 0.6 is 22.9 Å². The number of nitrogens with zero attached hydrogens (tertiary/aromatic N) is 5. The maximum atomic E-state index is 11.7. The Morgan fingerprint density at radius 2 is 2.00 bits per heavy atom. The van der Waals surface area contributed by atoms with E-state index in [9.17, 15) is 4.91 Å². The number of quaternary nitrogens is 1. The quantitative estimate of drug-likeness (QED) is 0.314. The molecule has 0 spiro atoms. The smallest absolute Gasteiger partial charge is 0.154 e. The number of rotatable bonds is 2.